The lowest BCUT2D eigenvalue weighted by Gasteiger charge is -2.20. The second-order valence-corrected chi connectivity index (χ2v) is 12.3. The largest absolute Gasteiger partial charge is 0.444 e. The van der Waals surface area contributed by atoms with Crippen LogP contribution in [0.2, 0.25) is 0 Å². The molecule has 1 unspecified atom stereocenters. The maximum Gasteiger partial charge on any atom is 0.412 e. The number of carbonyl (C=O) groups excluding carboxylic acids is 3. The van der Waals surface area contributed by atoms with Crippen LogP contribution in [-0.2, 0) is 28.6 Å². The minimum absolute atomic E-state index is 0.113. The summed E-state index contributed by atoms with van der Waals surface area (Å²) in [7, 11) is 2.04. The maximum absolute atomic E-state index is 13.1. The Morgan fingerprint density at radius 2 is 1.49 bits per heavy atom. The molecule has 0 spiro atoms. The molecule has 12 heteroatoms. The van der Waals surface area contributed by atoms with Gasteiger partial charge in [0.2, 0.25) is 11.8 Å². The van der Waals surface area contributed by atoms with E-state index in [2.05, 4.69) is 16.0 Å². The molecule has 0 aliphatic rings. The van der Waals surface area contributed by atoms with Gasteiger partial charge in [-0.25, -0.2) is 4.79 Å². The summed E-state index contributed by atoms with van der Waals surface area (Å²) in [6, 6.07) is 20.3. The number of rotatable bonds is 11. The highest BCUT2D eigenvalue weighted by atomic mass is 32.2. The van der Waals surface area contributed by atoms with Crippen molar-refractivity contribution in [3.8, 4) is 0 Å². The van der Waals surface area contributed by atoms with Gasteiger partial charge in [-0.2, -0.15) is 8.42 Å². The van der Waals surface area contributed by atoms with Crippen LogP contribution < -0.4 is 21.4 Å². The van der Waals surface area contributed by atoms with Gasteiger partial charge in [0.15, 0.2) is 0 Å². The van der Waals surface area contributed by atoms with Crippen molar-refractivity contribution < 1.29 is 31.7 Å². The Hall–Kier alpha value is -4.42. The van der Waals surface area contributed by atoms with Crippen LogP contribution in [0.4, 0.5) is 21.9 Å². The zero-order valence-electron chi connectivity index (χ0n) is 24.4. The molecule has 3 aromatic rings. The molecule has 1 atom stereocenters. The summed E-state index contributed by atoms with van der Waals surface area (Å²) >= 11 is 0. The molecule has 0 aromatic heterocycles. The summed E-state index contributed by atoms with van der Waals surface area (Å²) in [6.45, 7) is 5.08. The highest BCUT2D eigenvalue weighted by Gasteiger charge is 2.22. The summed E-state index contributed by atoms with van der Waals surface area (Å²) in [6.07, 6.45) is 3.35. The Balaban J connectivity index is 1.69. The van der Waals surface area contributed by atoms with E-state index < -0.39 is 33.6 Å². The van der Waals surface area contributed by atoms with Crippen molar-refractivity contribution >= 4 is 64.5 Å². The summed E-state index contributed by atoms with van der Waals surface area (Å²) in [4.78, 5) is 38.0. The number of benzene rings is 3. The van der Waals surface area contributed by atoms with Gasteiger partial charge in [0.05, 0.1) is 30.2 Å². The highest BCUT2D eigenvalue weighted by molar-refractivity contribution is 7.85. The first-order valence-corrected chi connectivity index (χ1v) is 15.2. The first kappa shape index (κ1) is 33.1. The monoisotopic (exact) mass is 603 g/mol. The molecule has 43 heavy (non-hydrogen) atoms. The van der Waals surface area contributed by atoms with Crippen molar-refractivity contribution in [1.29, 1.82) is 0 Å². The van der Waals surface area contributed by atoms with Gasteiger partial charge in [-0.15, -0.1) is 0 Å². The van der Waals surface area contributed by atoms with Crippen molar-refractivity contribution in [2.75, 3.05) is 28.8 Å². The van der Waals surface area contributed by atoms with Gasteiger partial charge >= 0.3 is 6.09 Å². The molecule has 0 saturated carbocycles. The van der Waals surface area contributed by atoms with E-state index in [0.717, 1.165) is 6.26 Å². The zero-order valence-corrected chi connectivity index (χ0v) is 25.2. The van der Waals surface area contributed by atoms with Gasteiger partial charge in [-0.3, -0.25) is 19.1 Å². The minimum Gasteiger partial charge on any atom is -0.444 e. The Bertz CT molecular complexity index is 1570. The second kappa shape index (κ2) is 14.7. The third-order valence-corrected chi connectivity index (χ3v) is 6.38. The van der Waals surface area contributed by atoms with E-state index in [-0.39, 0.29) is 18.9 Å². The number of anilines is 3. The topological polar surface area (TPSA) is 140 Å². The molecule has 0 heterocycles. The lowest BCUT2D eigenvalue weighted by molar-refractivity contribution is -0.118. The van der Waals surface area contributed by atoms with Crippen molar-refractivity contribution in [3.63, 3.8) is 0 Å². The number of carbonyl (C=O) groups is 3. The Morgan fingerprint density at radius 1 is 0.884 bits per heavy atom. The summed E-state index contributed by atoms with van der Waals surface area (Å²) in [5, 5.41) is 8.19. The third-order valence-electron chi connectivity index (χ3n) is 5.79. The predicted octanol–water partition coefficient (Wildman–Crippen LogP) is 4.57. The van der Waals surface area contributed by atoms with Crippen LogP contribution in [0.1, 0.15) is 44.2 Å². The predicted molar refractivity (Wildman–Crippen MR) is 169 cm³/mol. The molecule has 0 bridgehead atoms. The van der Waals surface area contributed by atoms with Crippen LogP contribution in [-0.4, -0.2) is 52.6 Å². The molecule has 3 aromatic carbocycles. The lowest BCUT2D eigenvalue weighted by Crippen LogP contribution is -2.27. The van der Waals surface area contributed by atoms with E-state index in [1.54, 1.807) is 99.6 Å². The van der Waals surface area contributed by atoms with Gasteiger partial charge in [0.1, 0.15) is 13.4 Å². The van der Waals surface area contributed by atoms with Crippen LogP contribution in [0.5, 0.6) is 0 Å². The molecule has 10 nitrogen and oxygen atoms in total. The summed E-state index contributed by atoms with van der Waals surface area (Å²) in [5.41, 5.74) is 2.51. The van der Waals surface area contributed by atoms with E-state index in [0.29, 0.717) is 33.7 Å². The molecule has 3 rings (SSSR count). The number of hydrogen-bond donors (Lipinski definition) is 3. The van der Waals surface area contributed by atoms with Crippen molar-refractivity contribution in [2.45, 2.75) is 38.7 Å². The second-order valence-electron chi connectivity index (χ2n) is 10.6. The number of para-hydroxylation sites is 2. The first-order valence-electron chi connectivity index (χ1n) is 13.4. The number of hydrogen-bond acceptors (Lipinski definition) is 7. The number of amides is 3. The van der Waals surface area contributed by atoms with E-state index in [4.69, 9.17) is 16.8 Å². The molecule has 3 N–H and O–H groups in total. The maximum atomic E-state index is 13.1. The molecule has 2 radical (unpaired) electrons. The molecule has 3 amide bonds. The fraction of sp³-hybridized carbons (Fsp3) is 0.258. The van der Waals surface area contributed by atoms with Gasteiger partial charge < -0.3 is 15.4 Å². The Kier molecular flexibility index (Phi) is 11.3. The van der Waals surface area contributed by atoms with E-state index >= 15 is 0 Å². The van der Waals surface area contributed by atoms with E-state index in [9.17, 15) is 22.8 Å². The van der Waals surface area contributed by atoms with Crippen LogP contribution >= 0.6 is 0 Å². The molecule has 224 valence electrons. The molecule has 0 aliphatic carbocycles. The molecular formula is C31H34BN3O7S. The zero-order chi connectivity index (χ0) is 31.6. The Morgan fingerprint density at radius 3 is 2.07 bits per heavy atom. The van der Waals surface area contributed by atoms with Gasteiger partial charge in [-0.1, -0.05) is 54.0 Å². The average molecular weight is 604 g/mol. The summed E-state index contributed by atoms with van der Waals surface area (Å²) < 4.78 is 33.0. The normalized spacial score (nSPS) is 12.4. The average Bonchev–Trinajstić information content (AvgIpc) is 2.91. The highest BCUT2D eigenvalue weighted by Crippen LogP contribution is 2.24. The minimum atomic E-state index is -3.67. The van der Waals surface area contributed by atoms with E-state index in [1.807, 2.05) is 0 Å². The molecule has 0 fully saturated rings. The summed E-state index contributed by atoms with van der Waals surface area (Å²) in [5.74, 6) is -1.49. The molecular weight excluding hydrogens is 569 g/mol. The number of ether oxygens (including phenoxy) is 1. The van der Waals surface area contributed by atoms with Gasteiger partial charge in [0, 0.05) is 11.8 Å². The van der Waals surface area contributed by atoms with Gasteiger partial charge in [0.25, 0.3) is 10.1 Å². The smallest absolute Gasteiger partial charge is 0.412 e. The quantitative estimate of drug-likeness (QED) is 0.166. The number of nitrogens with one attached hydrogen (secondary N) is 3. The van der Waals surface area contributed by atoms with Crippen LogP contribution in [0.3, 0.4) is 0 Å². The first-order chi connectivity index (χ1) is 20.2. The standard InChI is InChI=1S/C31H34BN3O7S/c1-31(2,3)42-30(38)35-27-8-6-5-7-26(27)34-28(36)18-11-21-9-12-22(13-10-21)25(19-20-41-43(4,39)40)29(37)33-24-16-14-23(32)15-17-24/h5-18,25H,19-20H2,1-4H3,(H,33,37)(H,34,36)(H,35,38)/b18-11+. The molecule has 0 saturated heterocycles. The van der Waals surface area contributed by atoms with Crippen molar-refractivity contribution in [3.05, 3.63) is 90.0 Å². The fourth-order valence-electron chi connectivity index (χ4n) is 3.86. The van der Waals surface area contributed by atoms with Crippen molar-refractivity contribution in [2.24, 2.45) is 0 Å². The van der Waals surface area contributed by atoms with Crippen LogP contribution in [0.15, 0.2) is 78.9 Å². The SMILES string of the molecule is [B]c1ccc(NC(=O)C(CCOS(C)(=O)=O)c2ccc(/C=C/C(=O)Nc3ccccc3NC(=O)OC(C)(C)C)cc2)cc1. The third kappa shape index (κ3) is 11.8. The fourth-order valence-corrected chi connectivity index (χ4v) is 4.26. The Labute approximate surface area is 253 Å². The van der Waals surface area contributed by atoms with Crippen LogP contribution in [0, 0.1) is 0 Å². The van der Waals surface area contributed by atoms with Gasteiger partial charge in [-0.05, 0) is 68.7 Å². The van der Waals surface area contributed by atoms with Crippen molar-refractivity contribution in [1.82, 2.24) is 0 Å². The lowest BCUT2D eigenvalue weighted by atomic mass is 9.93. The van der Waals surface area contributed by atoms with E-state index in [1.165, 1.54) is 6.08 Å². The molecule has 0 aliphatic heterocycles. The van der Waals surface area contributed by atoms with Crippen LogP contribution in [0.25, 0.3) is 6.08 Å².